The van der Waals surface area contributed by atoms with E-state index >= 15 is 0 Å². The zero-order valence-corrected chi connectivity index (χ0v) is 19.4. The van der Waals surface area contributed by atoms with Gasteiger partial charge in [-0.1, -0.05) is 18.2 Å². The number of nitrogens with one attached hydrogen (secondary N) is 1. The fraction of sp³-hybridized carbons (Fsp3) is 0.200. The van der Waals surface area contributed by atoms with E-state index in [9.17, 15) is 22.8 Å². The molecule has 1 amide bonds. The van der Waals surface area contributed by atoms with Gasteiger partial charge in [-0.25, -0.2) is 18.9 Å². The van der Waals surface area contributed by atoms with E-state index in [1.54, 1.807) is 28.9 Å². The second kappa shape index (κ2) is 8.67. The van der Waals surface area contributed by atoms with Gasteiger partial charge in [0.2, 0.25) is 5.91 Å². The first-order valence-electron chi connectivity index (χ1n) is 11.1. The highest BCUT2D eigenvalue weighted by atomic mass is 19.4. The molecule has 1 aromatic carbocycles. The summed E-state index contributed by atoms with van der Waals surface area (Å²) in [6, 6.07) is 14.5. The van der Waals surface area contributed by atoms with Gasteiger partial charge in [0, 0.05) is 23.0 Å². The number of hydrogen-bond donors (Lipinski definition) is 1. The van der Waals surface area contributed by atoms with Gasteiger partial charge in [-0.3, -0.25) is 9.36 Å². The maximum atomic E-state index is 13.4. The molecular weight excluding hydrogens is 473 g/mol. The van der Waals surface area contributed by atoms with Crippen LogP contribution in [-0.2, 0) is 11.3 Å². The normalized spacial score (nSPS) is 11.9. The van der Waals surface area contributed by atoms with Gasteiger partial charge in [0.15, 0.2) is 0 Å². The summed E-state index contributed by atoms with van der Waals surface area (Å²) in [4.78, 5) is 30.3. The van der Waals surface area contributed by atoms with Gasteiger partial charge in [0.1, 0.15) is 18.9 Å². The van der Waals surface area contributed by atoms with Crippen molar-refractivity contribution in [3.8, 4) is 16.9 Å². The van der Waals surface area contributed by atoms with E-state index in [1.165, 1.54) is 4.57 Å². The number of benzene rings is 1. The van der Waals surface area contributed by atoms with E-state index in [-0.39, 0.29) is 0 Å². The summed E-state index contributed by atoms with van der Waals surface area (Å²) in [5, 5.41) is 6.18. The van der Waals surface area contributed by atoms with Crippen LogP contribution in [0.15, 0.2) is 65.7 Å². The molecule has 184 valence electrons. The van der Waals surface area contributed by atoms with Crippen LogP contribution in [-0.4, -0.2) is 42.4 Å². The van der Waals surface area contributed by atoms with Crippen molar-refractivity contribution in [3.63, 3.8) is 0 Å². The summed E-state index contributed by atoms with van der Waals surface area (Å²) in [5.74, 6) is -0.575. The van der Waals surface area contributed by atoms with Crippen molar-refractivity contribution in [1.29, 1.82) is 0 Å². The van der Waals surface area contributed by atoms with Gasteiger partial charge in [-0.15, -0.1) is 0 Å². The highest BCUT2D eigenvalue weighted by Crippen LogP contribution is 2.28. The molecule has 0 fully saturated rings. The topological polar surface area (TPSA) is 86.2 Å². The van der Waals surface area contributed by atoms with Crippen LogP contribution < -0.4 is 11.0 Å². The number of carbonyl (C=O) groups is 1. The highest BCUT2D eigenvalue weighted by Gasteiger charge is 2.28. The zero-order chi connectivity index (χ0) is 25.6. The van der Waals surface area contributed by atoms with Crippen LogP contribution in [0.3, 0.4) is 0 Å². The molecule has 0 saturated carbocycles. The minimum atomic E-state index is -4.55. The average molecular weight is 494 g/mol. The summed E-state index contributed by atoms with van der Waals surface area (Å²) in [6.45, 7) is 1.62. The summed E-state index contributed by atoms with van der Waals surface area (Å²) < 4.78 is 41.9. The van der Waals surface area contributed by atoms with E-state index in [1.807, 2.05) is 55.7 Å². The Morgan fingerprint density at radius 3 is 2.53 bits per heavy atom. The molecule has 0 spiro atoms. The minimum absolute atomic E-state index is 0.339. The van der Waals surface area contributed by atoms with Crippen LogP contribution >= 0.6 is 0 Å². The number of amides is 1. The smallest absolute Gasteiger partial charge is 0.345 e. The van der Waals surface area contributed by atoms with Crippen molar-refractivity contribution in [2.45, 2.75) is 26.6 Å². The zero-order valence-electron chi connectivity index (χ0n) is 19.4. The molecule has 8 nitrogen and oxygen atoms in total. The lowest BCUT2D eigenvalue weighted by molar-refractivity contribution is -0.138. The molecule has 11 heteroatoms. The molecule has 0 saturated heterocycles. The second-order valence-electron chi connectivity index (χ2n) is 8.43. The van der Waals surface area contributed by atoms with Crippen LogP contribution in [0.4, 0.5) is 13.2 Å². The van der Waals surface area contributed by atoms with Gasteiger partial charge in [-0.05, 0) is 49.7 Å². The van der Waals surface area contributed by atoms with E-state index in [0.717, 1.165) is 26.8 Å². The van der Waals surface area contributed by atoms with Gasteiger partial charge >= 0.3 is 11.9 Å². The molecule has 1 N–H and O–H groups in total. The Labute approximate surface area is 202 Å². The maximum Gasteiger partial charge on any atom is 0.405 e. The van der Waals surface area contributed by atoms with Gasteiger partial charge < -0.3 is 5.32 Å². The lowest BCUT2D eigenvalue weighted by Crippen LogP contribution is -2.38. The first-order valence-corrected chi connectivity index (χ1v) is 11.1. The van der Waals surface area contributed by atoms with Crippen LogP contribution in [0.25, 0.3) is 33.5 Å². The Morgan fingerprint density at radius 2 is 1.78 bits per heavy atom. The fourth-order valence-electron chi connectivity index (χ4n) is 4.33. The number of nitrogens with zero attached hydrogens (tertiary/aromatic N) is 5. The molecule has 36 heavy (non-hydrogen) atoms. The number of carbonyl (C=O) groups excluding carboxylic acids is 1. The third-order valence-electron chi connectivity index (χ3n) is 5.96. The molecular formula is C25H21F3N6O2. The largest absolute Gasteiger partial charge is 0.405 e. The standard InChI is InChI=1S/C25H21F3N6O2/c1-15-6-5-8-20-23(15)34(24(36)32(20)13-22(35)29-14-25(26,27)28)21-10-9-17(16(2)31-21)18-12-30-33-11-4-3-7-19(18)33/h3-12H,13-14H2,1-2H3,(H,29,35). The van der Waals surface area contributed by atoms with Crippen LogP contribution in [0, 0.1) is 13.8 Å². The summed E-state index contributed by atoms with van der Waals surface area (Å²) >= 11 is 0. The molecule has 0 aliphatic heterocycles. The molecule has 5 rings (SSSR count). The molecule has 0 bridgehead atoms. The van der Waals surface area contributed by atoms with Gasteiger partial charge in [-0.2, -0.15) is 18.3 Å². The Bertz CT molecular complexity index is 1680. The van der Waals surface area contributed by atoms with E-state index in [0.29, 0.717) is 22.5 Å². The van der Waals surface area contributed by atoms with Crippen LogP contribution in [0.2, 0.25) is 0 Å². The monoisotopic (exact) mass is 494 g/mol. The Balaban J connectivity index is 1.59. The number of rotatable bonds is 5. The lowest BCUT2D eigenvalue weighted by Gasteiger charge is -2.09. The quantitative estimate of drug-likeness (QED) is 0.403. The van der Waals surface area contributed by atoms with Crippen molar-refractivity contribution < 1.29 is 18.0 Å². The predicted molar refractivity (Wildman–Crippen MR) is 128 cm³/mol. The van der Waals surface area contributed by atoms with Crippen LogP contribution in [0.5, 0.6) is 0 Å². The van der Waals surface area contributed by atoms with Crippen LogP contribution in [0.1, 0.15) is 11.3 Å². The Hall–Kier alpha value is -4.41. The van der Waals surface area contributed by atoms with E-state index < -0.39 is 30.9 Å². The van der Waals surface area contributed by atoms with E-state index in [2.05, 4.69) is 10.1 Å². The molecule has 4 aromatic heterocycles. The first-order chi connectivity index (χ1) is 17.1. The lowest BCUT2D eigenvalue weighted by atomic mass is 10.1. The number of alkyl halides is 3. The number of hydrogen-bond acceptors (Lipinski definition) is 4. The Morgan fingerprint density at radius 1 is 1.00 bits per heavy atom. The minimum Gasteiger partial charge on any atom is -0.345 e. The summed E-state index contributed by atoms with van der Waals surface area (Å²) in [7, 11) is 0. The summed E-state index contributed by atoms with van der Waals surface area (Å²) in [6.07, 6.45) is -0.950. The maximum absolute atomic E-state index is 13.4. The number of pyridine rings is 2. The number of halogens is 3. The van der Waals surface area contributed by atoms with Crippen molar-refractivity contribution in [1.82, 2.24) is 29.0 Å². The Kier molecular flexibility index (Phi) is 5.62. The van der Waals surface area contributed by atoms with Gasteiger partial charge in [0.25, 0.3) is 0 Å². The van der Waals surface area contributed by atoms with E-state index in [4.69, 9.17) is 0 Å². The number of imidazole rings is 1. The molecule has 0 unspecified atom stereocenters. The second-order valence-corrected chi connectivity index (χ2v) is 8.43. The molecule has 0 aliphatic rings. The molecule has 4 heterocycles. The number of fused-ring (bicyclic) bond motifs is 2. The van der Waals surface area contributed by atoms with Crippen molar-refractivity contribution in [2.75, 3.05) is 6.54 Å². The number of aryl methyl sites for hydroxylation is 2. The SMILES string of the molecule is Cc1nc(-n2c(=O)n(CC(=O)NCC(F)(F)F)c3cccc(C)c32)ccc1-c1cnn2ccccc12. The third-order valence-corrected chi connectivity index (χ3v) is 5.96. The first kappa shape index (κ1) is 23.3. The van der Waals surface area contributed by atoms with Crippen molar-refractivity contribution in [3.05, 3.63) is 82.7 Å². The number of aromatic nitrogens is 5. The summed E-state index contributed by atoms with van der Waals surface area (Å²) in [5.41, 5.74) is 4.44. The average Bonchev–Trinajstić information content (AvgIpc) is 3.37. The highest BCUT2D eigenvalue weighted by molar-refractivity contribution is 5.85. The molecule has 0 radical (unpaired) electrons. The number of para-hydroxylation sites is 1. The predicted octanol–water partition coefficient (Wildman–Crippen LogP) is 3.80. The third kappa shape index (κ3) is 4.12. The van der Waals surface area contributed by atoms with Crippen molar-refractivity contribution >= 4 is 22.5 Å². The molecule has 0 aliphatic carbocycles. The molecule has 5 aromatic rings. The fourth-order valence-corrected chi connectivity index (χ4v) is 4.33. The van der Waals surface area contributed by atoms with Crippen molar-refractivity contribution in [2.24, 2.45) is 0 Å². The molecule has 0 atom stereocenters. The van der Waals surface area contributed by atoms with Gasteiger partial charge in [0.05, 0.1) is 22.7 Å².